The SMILES string of the molecule is CC(C)(C)OC(=O)N[C@H]1[C@H](CC2CC2)C(=O)N[C@@H]1c1ccccc1. The molecular formula is C19H26N2O3. The third-order valence-corrected chi connectivity index (χ3v) is 4.55. The second-order valence-corrected chi connectivity index (χ2v) is 7.85. The maximum atomic E-state index is 12.5. The third kappa shape index (κ3) is 4.08. The van der Waals surface area contributed by atoms with Crippen LogP contribution in [0.1, 0.15) is 51.6 Å². The van der Waals surface area contributed by atoms with Crippen LogP contribution in [0.3, 0.4) is 0 Å². The van der Waals surface area contributed by atoms with Crippen LogP contribution in [0.5, 0.6) is 0 Å². The van der Waals surface area contributed by atoms with Crippen molar-refractivity contribution < 1.29 is 14.3 Å². The Morgan fingerprint density at radius 1 is 1.25 bits per heavy atom. The number of hydrogen-bond donors (Lipinski definition) is 2. The minimum atomic E-state index is -0.561. The first-order chi connectivity index (χ1) is 11.3. The number of carbonyl (C=O) groups is 2. The first kappa shape index (κ1) is 16.8. The van der Waals surface area contributed by atoms with Gasteiger partial charge in [-0.1, -0.05) is 43.2 Å². The lowest BCUT2D eigenvalue weighted by atomic mass is 9.90. The highest BCUT2D eigenvalue weighted by molar-refractivity contribution is 5.84. The summed E-state index contributed by atoms with van der Waals surface area (Å²) in [6.45, 7) is 5.50. The van der Waals surface area contributed by atoms with Gasteiger partial charge >= 0.3 is 6.09 Å². The highest BCUT2D eigenvalue weighted by atomic mass is 16.6. The van der Waals surface area contributed by atoms with Gasteiger partial charge in [-0.2, -0.15) is 0 Å². The number of amides is 2. The van der Waals surface area contributed by atoms with E-state index in [9.17, 15) is 9.59 Å². The topological polar surface area (TPSA) is 67.4 Å². The van der Waals surface area contributed by atoms with Crippen LogP contribution in [0, 0.1) is 11.8 Å². The smallest absolute Gasteiger partial charge is 0.407 e. The van der Waals surface area contributed by atoms with E-state index in [1.807, 2.05) is 51.1 Å². The molecular weight excluding hydrogens is 304 g/mol. The number of benzene rings is 1. The fourth-order valence-electron chi connectivity index (χ4n) is 3.29. The number of hydrogen-bond acceptors (Lipinski definition) is 3. The molecule has 0 unspecified atom stereocenters. The minimum Gasteiger partial charge on any atom is -0.444 e. The van der Waals surface area contributed by atoms with Crippen LogP contribution >= 0.6 is 0 Å². The summed E-state index contributed by atoms with van der Waals surface area (Å²) in [6, 6.07) is 9.30. The van der Waals surface area contributed by atoms with E-state index in [-0.39, 0.29) is 23.9 Å². The van der Waals surface area contributed by atoms with Crippen molar-refractivity contribution >= 4 is 12.0 Å². The Hall–Kier alpha value is -2.04. The fourth-order valence-corrected chi connectivity index (χ4v) is 3.29. The van der Waals surface area contributed by atoms with Crippen LogP contribution in [0.25, 0.3) is 0 Å². The molecule has 3 atom stereocenters. The Morgan fingerprint density at radius 2 is 1.92 bits per heavy atom. The van der Waals surface area contributed by atoms with Gasteiger partial charge in [-0.3, -0.25) is 4.79 Å². The molecule has 2 fully saturated rings. The van der Waals surface area contributed by atoms with Crippen molar-refractivity contribution in [3.63, 3.8) is 0 Å². The molecule has 0 spiro atoms. The lowest BCUT2D eigenvalue weighted by molar-refractivity contribution is -0.123. The van der Waals surface area contributed by atoms with Gasteiger partial charge in [-0.05, 0) is 38.7 Å². The van der Waals surface area contributed by atoms with Gasteiger partial charge in [0.25, 0.3) is 0 Å². The van der Waals surface area contributed by atoms with Crippen molar-refractivity contribution in [3.8, 4) is 0 Å². The molecule has 1 heterocycles. The summed E-state index contributed by atoms with van der Waals surface area (Å²) in [4.78, 5) is 24.8. The minimum absolute atomic E-state index is 0.0248. The predicted octanol–water partition coefficient (Wildman–Crippen LogP) is 3.17. The van der Waals surface area contributed by atoms with Crippen molar-refractivity contribution in [1.82, 2.24) is 10.6 Å². The lowest BCUT2D eigenvalue weighted by Gasteiger charge is -2.27. The van der Waals surface area contributed by atoms with Gasteiger partial charge in [0.15, 0.2) is 0 Å². The zero-order chi connectivity index (χ0) is 17.3. The van der Waals surface area contributed by atoms with Gasteiger partial charge < -0.3 is 15.4 Å². The van der Waals surface area contributed by atoms with Gasteiger partial charge in [-0.25, -0.2) is 4.79 Å². The molecule has 5 nitrogen and oxygen atoms in total. The molecule has 3 rings (SSSR count). The second-order valence-electron chi connectivity index (χ2n) is 7.85. The molecule has 24 heavy (non-hydrogen) atoms. The van der Waals surface area contributed by atoms with Crippen molar-refractivity contribution in [1.29, 1.82) is 0 Å². The van der Waals surface area contributed by atoms with E-state index in [1.54, 1.807) is 0 Å². The van der Waals surface area contributed by atoms with Gasteiger partial charge in [-0.15, -0.1) is 0 Å². The van der Waals surface area contributed by atoms with Crippen molar-refractivity contribution in [2.45, 2.75) is 57.7 Å². The van der Waals surface area contributed by atoms with Crippen LogP contribution in [-0.4, -0.2) is 23.6 Å². The monoisotopic (exact) mass is 330 g/mol. The molecule has 2 aliphatic rings. The van der Waals surface area contributed by atoms with E-state index in [4.69, 9.17) is 4.74 Å². The number of nitrogens with one attached hydrogen (secondary N) is 2. The predicted molar refractivity (Wildman–Crippen MR) is 91.3 cm³/mol. The Labute approximate surface area is 143 Å². The third-order valence-electron chi connectivity index (χ3n) is 4.55. The number of alkyl carbamates (subject to hydrolysis) is 1. The normalized spacial score (nSPS) is 26.8. The molecule has 1 aliphatic carbocycles. The van der Waals surface area contributed by atoms with Crippen LogP contribution in [0.15, 0.2) is 30.3 Å². The molecule has 2 amide bonds. The molecule has 2 N–H and O–H groups in total. The van der Waals surface area contributed by atoms with Crippen molar-refractivity contribution in [3.05, 3.63) is 35.9 Å². The zero-order valence-electron chi connectivity index (χ0n) is 14.5. The molecule has 130 valence electrons. The molecule has 1 saturated heterocycles. The molecule has 1 aliphatic heterocycles. The average molecular weight is 330 g/mol. The zero-order valence-corrected chi connectivity index (χ0v) is 14.5. The largest absolute Gasteiger partial charge is 0.444 e. The summed E-state index contributed by atoms with van der Waals surface area (Å²) in [5.41, 5.74) is 0.444. The fraction of sp³-hybridized carbons (Fsp3) is 0.579. The Kier molecular flexibility index (Phi) is 4.52. The molecule has 1 aromatic carbocycles. The van der Waals surface area contributed by atoms with Crippen LogP contribution in [-0.2, 0) is 9.53 Å². The highest BCUT2D eigenvalue weighted by Gasteiger charge is 2.46. The summed E-state index contributed by atoms with van der Waals surface area (Å²) < 4.78 is 5.40. The number of ether oxygens (including phenoxy) is 1. The molecule has 1 aromatic rings. The maximum Gasteiger partial charge on any atom is 0.407 e. The maximum absolute atomic E-state index is 12.5. The molecule has 5 heteroatoms. The van der Waals surface area contributed by atoms with E-state index in [0.29, 0.717) is 5.92 Å². The van der Waals surface area contributed by atoms with Crippen LogP contribution in [0.4, 0.5) is 4.79 Å². The van der Waals surface area contributed by atoms with Gasteiger partial charge in [0.2, 0.25) is 5.91 Å². The van der Waals surface area contributed by atoms with Crippen molar-refractivity contribution in [2.75, 3.05) is 0 Å². The second kappa shape index (κ2) is 6.46. The van der Waals surface area contributed by atoms with Crippen molar-refractivity contribution in [2.24, 2.45) is 11.8 Å². The lowest BCUT2D eigenvalue weighted by Crippen LogP contribution is -2.44. The number of carbonyl (C=O) groups excluding carboxylic acids is 2. The summed E-state index contributed by atoms with van der Waals surface area (Å²) in [6.07, 6.45) is 2.72. The van der Waals surface area contributed by atoms with Crippen LogP contribution in [0.2, 0.25) is 0 Å². The summed E-state index contributed by atoms with van der Waals surface area (Å²) in [7, 11) is 0. The first-order valence-corrected chi connectivity index (χ1v) is 8.68. The standard InChI is InChI=1S/C19H26N2O3/c1-19(2,3)24-18(23)21-16-14(11-12-9-10-12)17(22)20-15(16)13-7-5-4-6-8-13/h4-8,12,14-16H,9-11H2,1-3H3,(H,20,22)(H,21,23)/t14-,15+,16-/m0/s1. The first-order valence-electron chi connectivity index (χ1n) is 8.68. The molecule has 0 aromatic heterocycles. The van der Waals surface area contributed by atoms with E-state index in [1.165, 1.54) is 12.8 Å². The highest BCUT2D eigenvalue weighted by Crippen LogP contribution is 2.40. The summed E-state index contributed by atoms with van der Waals surface area (Å²) in [5.74, 6) is 0.435. The van der Waals surface area contributed by atoms with E-state index in [0.717, 1.165) is 12.0 Å². The molecule has 1 saturated carbocycles. The van der Waals surface area contributed by atoms with E-state index in [2.05, 4.69) is 10.6 Å². The van der Waals surface area contributed by atoms with Gasteiger partial charge in [0.05, 0.1) is 18.0 Å². The van der Waals surface area contributed by atoms with Crippen LogP contribution < -0.4 is 10.6 Å². The molecule has 0 bridgehead atoms. The van der Waals surface area contributed by atoms with E-state index >= 15 is 0 Å². The van der Waals surface area contributed by atoms with E-state index < -0.39 is 11.7 Å². The Balaban J connectivity index is 1.79. The quantitative estimate of drug-likeness (QED) is 0.891. The molecule has 0 radical (unpaired) electrons. The number of rotatable bonds is 4. The van der Waals surface area contributed by atoms with Gasteiger partial charge in [0, 0.05) is 0 Å². The summed E-state index contributed by atoms with van der Waals surface area (Å²) in [5, 5.41) is 6.02. The Bertz CT molecular complexity index is 605. The Morgan fingerprint density at radius 3 is 2.50 bits per heavy atom. The summed E-state index contributed by atoms with van der Waals surface area (Å²) >= 11 is 0. The van der Waals surface area contributed by atoms with Gasteiger partial charge in [0.1, 0.15) is 5.60 Å². The average Bonchev–Trinajstić information content (AvgIpc) is 3.26.